The number of carbonyl (C=O) groups is 1. The van der Waals surface area contributed by atoms with E-state index >= 15 is 0 Å². The Morgan fingerprint density at radius 2 is 2.17 bits per heavy atom. The largest absolute Gasteiger partial charge is 0.481 e. The molecule has 1 N–H and O–H groups in total. The van der Waals surface area contributed by atoms with Gasteiger partial charge in [-0.05, 0) is 12.1 Å². The van der Waals surface area contributed by atoms with Crippen molar-refractivity contribution in [3.8, 4) is 11.4 Å². The fraction of sp³-hybridized carbons (Fsp3) is 0.250. The van der Waals surface area contributed by atoms with Crippen molar-refractivity contribution in [1.82, 2.24) is 14.8 Å². The van der Waals surface area contributed by atoms with Gasteiger partial charge in [-0.25, -0.2) is 9.67 Å². The van der Waals surface area contributed by atoms with Crippen LogP contribution in [0.2, 0.25) is 5.02 Å². The molecule has 0 spiro atoms. The highest BCUT2D eigenvalue weighted by molar-refractivity contribution is 6.33. The molecule has 0 unspecified atom stereocenters. The summed E-state index contributed by atoms with van der Waals surface area (Å²) in [5.74, 6) is 0.289. The summed E-state index contributed by atoms with van der Waals surface area (Å²) in [4.78, 5) is 14.8. The lowest BCUT2D eigenvalue weighted by Gasteiger charge is -2.01. The minimum absolute atomic E-state index is 0.0198. The number of halogens is 1. The lowest BCUT2D eigenvalue weighted by molar-refractivity contribution is -0.137. The maximum absolute atomic E-state index is 10.5. The Morgan fingerprint density at radius 3 is 2.83 bits per heavy atom. The minimum Gasteiger partial charge on any atom is -0.481 e. The van der Waals surface area contributed by atoms with E-state index in [0.29, 0.717) is 23.1 Å². The summed E-state index contributed by atoms with van der Waals surface area (Å²) in [7, 11) is 1.76. The molecular formula is C12H12ClN3O2. The molecule has 94 valence electrons. The Hall–Kier alpha value is -1.88. The minimum atomic E-state index is -0.859. The van der Waals surface area contributed by atoms with Gasteiger partial charge in [0.1, 0.15) is 0 Å². The van der Waals surface area contributed by atoms with Crippen molar-refractivity contribution in [3.05, 3.63) is 35.1 Å². The van der Waals surface area contributed by atoms with Gasteiger partial charge in [-0.2, -0.15) is 5.10 Å². The van der Waals surface area contributed by atoms with Crippen LogP contribution in [-0.2, 0) is 18.3 Å². The fourth-order valence-electron chi connectivity index (χ4n) is 1.64. The first-order chi connectivity index (χ1) is 8.58. The van der Waals surface area contributed by atoms with Crippen molar-refractivity contribution in [2.45, 2.75) is 12.8 Å². The van der Waals surface area contributed by atoms with Crippen LogP contribution in [0.3, 0.4) is 0 Å². The van der Waals surface area contributed by atoms with E-state index in [1.807, 2.05) is 18.2 Å². The average molecular weight is 266 g/mol. The van der Waals surface area contributed by atoms with E-state index in [1.54, 1.807) is 17.8 Å². The normalized spacial score (nSPS) is 10.6. The Balaban J connectivity index is 2.30. The molecule has 0 aliphatic carbocycles. The third-order valence-electron chi connectivity index (χ3n) is 2.48. The number of aryl methyl sites for hydroxylation is 2. The number of rotatable bonds is 4. The monoisotopic (exact) mass is 265 g/mol. The van der Waals surface area contributed by atoms with Crippen LogP contribution in [0.25, 0.3) is 11.4 Å². The Bertz CT molecular complexity index is 580. The van der Waals surface area contributed by atoms with Gasteiger partial charge in [0.05, 0.1) is 11.4 Å². The van der Waals surface area contributed by atoms with Gasteiger partial charge in [0.2, 0.25) is 0 Å². The van der Waals surface area contributed by atoms with Gasteiger partial charge in [-0.1, -0.05) is 23.7 Å². The number of aliphatic carboxylic acids is 1. The molecular weight excluding hydrogens is 254 g/mol. The van der Waals surface area contributed by atoms with Gasteiger partial charge < -0.3 is 5.11 Å². The summed E-state index contributed by atoms with van der Waals surface area (Å²) in [5.41, 5.74) is 0.788. The second-order valence-electron chi connectivity index (χ2n) is 3.85. The molecule has 0 fully saturated rings. The van der Waals surface area contributed by atoms with E-state index in [-0.39, 0.29) is 6.42 Å². The SMILES string of the molecule is Cn1nc(CCC(=O)O)nc1-c1ccccc1Cl. The molecule has 18 heavy (non-hydrogen) atoms. The predicted molar refractivity (Wildman–Crippen MR) is 67.4 cm³/mol. The van der Waals surface area contributed by atoms with E-state index in [1.165, 1.54) is 0 Å². The molecule has 0 amide bonds. The maximum atomic E-state index is 10.5. The molecule has 1 heterocycles. The van der Waals surface area contributed by atoms with E-state index < -0.39 is 5.97 Å². The Morgan fingerprint density at radius 1 is 1.44 bits per heavy atom. The van der Waals surface area contributed by atoms with Gasteiger partial charge in [-0.15, -0.1) is 0 Å². The molecule has 0 saturated heterocycles. The van der Waals surface area contributed by atoms with Crippen LogP contribution >= 0.6 is 11.6 Å². The van der Waals surface area contributed by atoms with Gasteiger partial charge in [-0.3, -0.25) is 4.79 Å². The van der Waals surface area contributed by atoms with Gasteiger partial charge in [0, 0.05) is 19.0 Å². The summed E-state index contributed by atoms with van der Waals surface area (Å²) >= 11 is 6.09. The third kappa shape index (κ3) is 2.68. The van der Waals surface area contributed by atoms with Crippen LogP contribution in [0.15, 0.2) is 24.3 Å². The Labute approximate surface area is 109 Å². The van der Waals surface area contributed by atoms with Crippen molar-refractivity contribution in [2.75, 3.05) is 0 Å². The number of hydrogen-bond donors (Lipinski definition) is 1. The van der Waals surface area contributed by atoms with Gasteiger partial charge in [0.25, 0.3) is 0 Å². The molecule has 1 aromatic carbocycles. The number of benzene rings is 1. The van der Waals surface area contributed by atoms with Gasteiger partial charge in [0.15, 0.2) is 11.6 Å². The standard InChI is InChI=1S/C12H12ClN3O2/c1-16-12(8-4-2-3-5-9(8)13)14-10(15-16)6-7-11(17)18/h2-5H,6-7H2,1H3,(H,17,18). The topological polar surface area (TPSA) is 68.0 Å². The third-order valence-corrected chi connectivity index (χ3v) is 2.81. The summed E-state index contributed by atoms with van der Waals surface area (Å²) < 4.78 is 1.61. The first-order valence-corrected chi connectivity index (χ1v) is 5.82. The molecule has 0 aliphatic rings. The summed E-state index contributed by atoms with van der Waals surface area (Å²) in [5, 5.41) is 13.4. The van der Waals surface area contributed by atoms with Crippen LogP contribution in [0, 0.1) is 0 Å². The van der Waals surface area contributed by atoms with Crippen LogP contribution in [0.4, 0.5) is 0 Å². The number of carboxylic acid groups (broad SMARTS) is 1. The van der Waals surface area contributed by atoms with E-state index in [0.717, 1.165) is 5.56 Å². The Kier molecular flexibility index (Phi) is 3.62. The predicted octanol–water partition coefficient (Wildman–Crippen LogP) is 2.15. The van der Waals surface area contributed by atoms with Crippen LogP contribution in [0.5, 0.6) is 0 Å². The molecule has 6 heteroatoms. The summed E-state index contributed by atoms with van der Waals surface area (Å²) in [6.07, 6.45) is 0.333. The smallest absolute Gasteiger partial charge is 0.303 e. The zero-order valence-electron chi connectivity index (χ0n) is 9.80. The zero-order chi connectivity index (χ0) is 13.1. The number of nitrogens with zero attached hydrogens (tertiary/aromatic N) is 3. The van der Waals surface area contributed by atoms with Crippen molar-refractivity contribution in [1.29, 1.82) is 0 Å². The lowest BCUT2D eigenvalue weighted by Crippen LogP contribution is -1.99. The van der Waals surface area contributed by atoms with Gasteiger partial charge >= 0.3 is 5.97 Å². The first kappa shape index (κ1) is 12.6. The quantitative estimate of drug-likeness (QED) is 0.920. The van der Waals surface area contributed by atoms with Crippen LogP contribution in [0.1, 0.15) is 12.2 Å². The molecule has 2 aromatic rings. The lowest BCUT2D eigenvalue weighted by atomic mass is 10.2. The molecule has 0 bridgehead atoms. The second kappa shape index (κ2) is 5.18. The maximum Gasteiger partial charge on any atom is 0.303 e. The van der Waals surface area contributed by atoms with Crippen molar-refractivity contribution < 1.29 is 9.90 Å². The van der Waals surface area contributed by atoms with Crippen LogP contribution in [-0.4, -0.2) is 25.8 Å². The fourth-order valence-corrected chi connectivity index (χ4v) is 1.86. The number of hydrogen-bond acceptors (Lipinski definition) is 3. The molecule has 0 aliphatic heterocycles. The number of carboxylic acids is 1. The number of aromatic nitrogens is 3. The summed E-state index contributed by atoms with van der Waals surface area (Å²) in [6, 6.07) is 7.34. The molecule has 0 radical (unpaired) electrons. The molecule has 5 nitrogen and oxygen atoms in total. The molecule has 0 atom stereocenters. The van der Waals surface area contributed by atoms with E-state index in [9.17, 15) is 4.79 Å². The molecule has 1 aromatic heterocycles. The van der Waals surface area contributed by atoms with Crippen molar-refractivity contribution in [3.63, 3.8) is 0 Å². The molecule has 2 rings (SSSR count). The highest BCUT2D eigenvalue weighted by Crippen LogP contribution is 2.25. The average Bonchev–Trinajstić information content (AvgIpc) is 2.69. The zero-order valence-corrected chi connectivity index (χ0v) is 10.6. The highest BCUT2D eigenvalue weighted by Gasteiger charge is 2.12. The van der Waals surface area contributed by atoms with Crippen LogP contribution < -0.4 is 0 Å². The van der Waals surface area contributed by atoms with Crippen molar-refractivity contribution in [2.24, 2.45) is 7.05 Å². The second-order valence-corrected chi connectivity index (χ2v) is 4.26. The van der Waals surface area contributed by atoms with Crippen molar-refractivity contribution >= 4 is 17.6 Å². The van der Waals surface area contributed by atoms with E-state index in [4.69, 9.17) is 16.7 Å². The van der Waals surface area contributed by atoms with E-state index in [2.05, 4.69) is 10.1 Å². The highest BCUT2D eigenvalue weighted by atomic mass is 35.5. The first-order valence-electron chi connectivity index (χ1n) is 5.44. The molecule has 0 saturated carbocycles. The summed E-state index contributed by atoms with van der Waals surface area (Å²) in [6.45, 7) is 0.